The van der Waals surface area contributed by atoms with Gasteiger partial charge >= 0.3 is 0 Å². The molecule has 0 saturated carbocycles. The fourth-order valence-electron chi connectivity index (χ4n) is 1.53. The number of thioether (sulfide) groups is 1. The first-order valence-corrected chi connectivity index (χ1v) is 6.37. The molecule has 0 atom stereocenters. The van der Waals surface area contributed by atoms with Crippen molar-refractivity contribution in [2.75, 3.05) is 5.73 Å². The molecule has 2 N–H and O–H groups in total. The van der Waals surface area contributed by atoms with Gasteiger partial charge in [-0.3, -0.25) is 0 Å². The average Bonchev–Trinajstić information content (AvgIpc) is 2.32. The molecule has 0 saturated heterocycles. The third kappa shape index (κ3) is 3.01. The maximum Gasteiger partial charge on any atom is 0.147 e. The Morgan fingerprint density at radius 2 is 1.94 bits per heavy atom. The fourth-order valence-corrected chi connectivity index (χ4v) is 2.53. The van der Waals surface area contributed by atoms with Gasteiger partial charge in [0.2, 0.25) is 0 Å². The second-order valence-corrected chi connectivity index (χ2v) is 4.95. The predicted octanol–water partition coefficient (Wildman–Crippen LogP) is 4.01. The first-order chi connectivity index (χ1) is 8.16. The molecular formula is C14H14FNS. The summed E-state index contributed by atoms with van der Waals surface area (Å²) in [5.74, 6) is 0.496. The van der Waals surface area contributed by atoms with Crippen molar-refractivity contribution < 1.29 is 4.39 Å². The molecule has 0 unspecified atom stereocenters. The first-order valence-electron chi connectivity index (χ1n) is 5.39. The van der Waals surface area contributed by atoms with Crippen LogP contribution in [0.2, 0.25) is 0 Å². The number of nitrogens with two attached hydrogens (primary N) is 1. The molecule has 0 aliphatic rings. The highest BCUT2D eigenvalue weighted by Crippen LogP contribution is 2.26. The van der Waals surface area contributed by atoms with Crippen LogP contribution in [-0.2, 0) is 5.75 Å². The van der Waals surface area contributed by atoms with Crippen molar-refractivity contribution in [1.29, 1.82) is 0 Å². The minimum absolute atomic E-state index is 0.199. The second-order valence-electron chi connectivity index (χ2n) is 3.90. The van der Waals surface area contributed by atoms with Crippen LogP contribution in [0.5, 0.6) is 0 Å². The molecule has 0 fully saturated rings. The van der Waals surface area contributed by atoms with Crippen molar-refractivity contribution >= 4 is 17.4 Å². The van der Waals surface area contributed by atoms with Crippen LogP contribution < -0.4 is 5.73 Å². The van der Waals surface area contributed by atoms with E-state index in [-0.39, 0.29) is 11.5 Å². The van der Waals surface area contributed by atoms with E-state index in [4.69, 9.17) is 5.73 Å². The number of rotatable bonds is 3. The van der Waals surface area contributed by atoms with E-state index in [0.717, 1.165) is 10.6 Å². The fraction of sp³-hybridized carbons (Fsp3) is 0.143. The van der Waals surface area contributed by atoms with Gasteiger partial charge in [-0.05, 0) is 36.2 Å². The van der Waals surface area contributed by atoms with E-state index in [1.165, 1.54) is 17.2 Å². The topological polar surface area (TPSA) is 26.0 Å². The average molecular weight is 247 g/mol. The molecule has 3 heteroatoms. The highest BCUT2D eigenvalue weighted by Gasteiger charge is 2.02. The largest absolute Gasteiger partial charge is 0.396 e. The number of aryl methyl sites for hydroxylation is 1. The van der Waals surface area contributed by atoms with Crippen LogP contribution in [0.4, 0.5) is 10.1 Å². The van der Waals surface area contributed by atoms with Crippen molar-refractivity contribution in [2.45, 2.75) is 17.6 Å². The summed E-state index contributed by atoms with van der Waals surface area (Å²) in [5.41, 5.74) is 8.17. The Morgan fingerprint density at radius 1 is 1.18 bits per heavy atom. The molecule has 0 aliphatic carbocycles. The van der Waals surface area contributed by atoms with Gasteiger partial charge in [0.15, 0.2) is 0 Å². The zero-order valence-corrected chi connectivity index (χ0v) is 10.4. The summed E-state index contributed by atoms with van der Waals surface area (Å²) in [6, 6.07) is 13.2. The molecule has 0 radical (unpaired) electrons. The normalized spacial score (nSPS) is 10.5. The van der Waals surface area contributed by atoms with E-state index >= 15 is 0 Å². The van der Waals surface area contributed by atoms with Crippen LogP contribution in [0.15, 0.2) is 47.4 Å². The molecule has 2 aromatic rings. The van der Waals surface area contributed by atoms with E-state index in [0.29, 0.717) is 0 Å². The van der Waals surface area contributed by atoms with Gasteiger partial charge in [0.25, 0.3) is 0 Å². The minimum atomic E-state index is -0.347. The highest BCUT2D eigenvalue weighted by atomic mass is 32.2. The van der Waals surface area contributed by atoms with Crippen molar-refractivity contribution in [3.63, 3.8) is 0 Å². The summed E-state index contributed by atoms with van der Waals surface area (Å²) in [4.78, 5) is 0.903. The van der Waals surface area contributed by atoms with Gasteiger partial charge in [-0.2, -0.15) is 0 Å². The van der Waals surface area contributed by atoms with Gasteiger partial charge in [-0.25, -0.2) is 4.39 Å². The molecular weight excluding hydrogens is 233 g/mol. The van der Waals surface area contributed by atoms with Gasteiger partial charge in [0.1, 0.15) is 5.82 Å². The molecule has 0 aliphatic heterocycles. The number of anilines is 1. The Morgan fingerprint density at radius 3 is 2.65 bits per heavy atom. The van der Waals surface area contributed by atoms with Crippen LogP contribution in [0.1, 0.15) is 11.1 Å². The van der Waals surface area contributed by atoms with Crippen LogP contribution in [0.25, 0.3) is 0 Å². The zero-order valence-electron chi connectivity index (χ0n) is 9.61. The number of benzene rings is 2. The molecule has 0 aromatic heterocycles. The minimum Gasteiger partial charge on any atom is -0.396 e. The lowest BCUT2D eigenvalue weighted by Gasteiger charge is -2.06. The van der Waals surface area contributed by atoms with Crippen LogP contribution in [0, 0.1) is 12.7 Å². The summed E-state index contributed by atoms with van der Waals surface area (Å²) in [5, 5.41) is 0. The molecule has 17 heavy (non-hydrogen) atoms. The van der Waals surface area contributed by atoms with Crippen molar-refractivity contribution in [1.82, 2.24) is 0 Å². The van der Waals surface area contributed by atoms with Gasteiger partial charge in [-0.1, -0.05) is 24.3 Å². The second kappa shape index (κ2) is 5.23. The van der Waals surface area contributed by atoms with E-state index < -0.39 is 0 Å². The SMILES string of the molecule is Cc1ccccc1CSc1ccc(N)c(F)c1. The number of hydrogen-bond donors (Lipinski definition) is 1. The smallest absolute Gasteiger partial charge is 0.147 e. The van der Waals surface area contributed by atoms with E-state index in [1.54, 1.807) is 17.8 Å². The Kier molecular flexibility index (Phi) is 3.69. The van der Waals surface area contributed by atoms with Crippen LogP contribution >= 0.6 is 11.8 Å². The lowest BCUT2D eigenvalue weighted by Crippen LogP contribution is -1.90. The summed E-state index contributed by atoms with van der Waals surface area (Å²) in [7, 11) is 0. The molecule has 88 valence electrons. The van der Waals surface area contributed by atoms with Crippen LogP contribution in [-0.4, -0.2) is 0 Å². The predicted molar refractivity (Wildman–Crippen MR) is 71.6 cm³/mol. The third-order valence-electron chi connectivity index (χ3n) is 2.63. The number of hydrogen-bond acceptors (Lipinski definition) is 2. The third-order valence-corrected chi connectivity index (χ3v) is 3.67. The maximum absolute atomic E-state index is 13.2. The van der Waals surface area contributed by atoms with E-state index in [1.807, 2.05) is 18.2 Å². The molecule has 0 bridgehead atoms. The standard InChI is InChI=1S/C14H14FNS/c1-10-4-2-3-5-11(10)9-17-12-6-7-14(16)13(15)8-12/h2-8H,9,16H2,1H3. The van der Waals surface area contributed by atoms with Gasteiger partial charge in [-0.15, -0.1) is 11.8 Å². The molecule has 2 rings (SSSR count). The summed E-state index contributed by atoms with van der Waals surface area (Å²) >= 11 is 1.61. The van der Waals surface area contributed by atoms with Crippen molar-refractivity contribution in [3.8, 4) is 0 Å². The lowest BCUT2D eigenvalue weighted by atomic mass is 10.1. The number of halogens is 1. The van der Waals surface area contributed by atoms with E-state index in [9.17, 15) is 4.39 Å². The summed E-state index contributed by atoms with van der Waals surface area (Å²) in [6.45, 7) is 2.08. The van der Waals surface area contributed by atoms with Crippen LogP contribution in [0.3, 0.4) is 0 Å². The number of nitrogen functional groups attached to an aromatic ring is 1. The monoisotopic (exact) mass is 247 g/mol. The molecule has 1 nitrogen and oxygen atoms in total. The quantitative estimate of drug-likeness (QED) is 0.655. The Balaban J connectivity index is 2.08. The first kappa shape index (κ1) is 12.0. The van der Waals surface area contributed by atoms with Gasteiger partial charge in [0.05, 0.1) is 5.69 Å². The molecule has 0 heterocycles. The highest BCUT2D eigenvalue weighted by molar-refractivity contribution is 7.98. The molecule has 2 aromatic carbocycles. The molecule has 0 amide bonds. The molecule has 0 spiro atoms. The maximum atomic E-state index is 13.2. The zero-order chi connectivity index (χ0) is 12.3. The van der Waals surface area contributed by atoms with Gasteiger partial charge < -0.3 is 5.73 Å². The van der Waals surface area contributed by atoms with E-state index in [2.05, 4.69) is 19.1 Å². The van der Waals surface area contributed by atoms with Crippen molar-refractivity contribution in [3.05, 3.63) is 59.4 Å². The van der Waals surface area contributed by atoms with Crippen molar-refractivity contribution in [2.24, 2.45) is 0 Å². The Bertz CT molecular complexity index is 525. The summed E-state index contributed by atoms with van der Waals surface area (Å²) < 4.78 is 13.2. The van der Waals surface area contributed by atoms with Gasteiger partial charge in [0, 0.05) is 10.6 Å². The lowest BCUT2D eigenvalue weighted by molar-refractivity contribution is 0.629. The Hall–Kier alpha value is -1.48. The summed E-state index contributed by atoms with van der Waals surface area (Å²) in [6.07, 6.45) is 0. The Labute approximate surface area is 105 Å².